The molecule has 0 spiro atoms. The van der Waals surface area contributed by atoms with Crippen LogP contribution in [0.15, 0.2) is 60.1 Å². The largest absolute Gasteiger partial charge is 0.434 e. The molecule has 0 aliphatic carbocycles. The molecule has 1 aliphatic heterocycles. The summed E-state index contributed by atoms with van der Waals surface area (Å²) in [4.78, 5) is 17.4. The fraction of sp³-hybridized carbons (Fsp3) is 0.150. The topological polar surface area (TPSA) is 81.1 Å². The Balaban J connectivity index is 1.81. The maximum absolute atomic E-state index is 13.3. The minimum absolute atomic E-state index is 0.127. The van der Waals surface area contributed by atoms with Crippen LogP contribution in [-0.4, -0.2) is 27.3 Å². The number of fused-ring (bicyclic) bond motifs is 1. The molecule has 2 heterocycles. The number of nitrogens with zero attached hydrogens (tertiary/aromatic N) is 3. The number of hydrogen-bond acceptors (Lipinski definition) is 5. The predicted octanol–water partition coefficient (Wildman–Crippen LogP) is 5.11. The Morgan fingerprint density at radius 3 is 2.61 bits per heavy atom. The lowest BCUT2D eigenvalue weighted by atomic mass is 9.94. The summed E-state index contributed by atoms with van der Waals surface area (Å²) < 4.78 is 32.2. The minimum Gasteiger partial charge on any atom is -0.434 e. The first-order chi connectivity index (χ1) is 14.8. The van der Waals surface area contributed by atoms with Gasteiger partial charge in [0.2, 0.25) is 5.95 Å². The van der Waals surface area contributed by atoms with E-state index in [1.807, 2.05) is 0 Å². The van der Waals surface area contributed by atoms with E-state index >= 15 is 0 Å². The maximum Gasteiger partial charge on any atom is 0.387 e. The average molecular weight is 466 g/mol. The highest BCUT2D eigenvalue weighted by atomic mass is 35.5. The van der Waals surface area contributed by atoms with Gasteiger partial charge in [-0.15, -0.1) is 0 Å². The van der Waals surface area contributed by atoms with Crippen molar-refractivity contribution in [1.29, 1.82) is 0 Å². The van der Waals surface area contributed by atoms with Crippen LogP contribution >= 0.6 is 23.2 Å². The van der Waals surface area contributed by atoms with E-state index in [0.29, 0.717) is 22.4 Å². The number of carbonyl (C=O) groups excluding carboxylic acids is 1. The van der Waals surface area contributed by atoms with Gasteiger partial charge in [0.05, 0.1) is 5.57 Å². The molecule has 0 saturated carbocycles. The van der Waals surface area contributed by atoms with Gasteiger partial charge in [-0.3, -0.25) is 4.79 Å². The van der Waals surface area contributed by atoms with Gasteiger partial charge in [0.25, 0.3) is 5.91 Å². The van der Waals surface area contributed by atoms with E-state index in [9.17, 15) is 13.6 Å². The van der Waals surface area contributed by atoms with Crippen LogP contribution in [0.2, 0.25) is 10.0 Å². The summed E-state index contributed by atoms with van der Waals surface area (Å²) in [6.07, 6.45) is 1.29. The summed E-state index contributed by atoms with van der Waals surface area (Å²) in [5, 5.41) is 10.8. The Labute approximate surface area is 185 Å². The van der Waals surface area contributed by atoms with Gasteiger partial charge in [0, 0.05) is 27.0 Å². The SMILES string of the molecule is CC1=C(C(=O)Nc2ccc(Cl)cc2)[C@@H](c2cc(Cl)ccc2OC(F)F)n2ncnc2N1. The Morgan fingerprint density at radius 1 is 1.19 bits per heavy atom. The molecule has 1 atom stereocenters. The Morgan fingerprint density at radius 2 is 1.90 bits per heavy atom. The van der Waals surface area contributed by atoms with E-state index in [-0.39, 0.29) is 21.9 Å². The molecule has 31 heavy (non-hydrogen) atoms. The summed E-state index contributed by atoms with van der Waals surface area (Å²) >= 11 is 12.1. The fourth-order valence-electron chi connectivity index (χ4n) is 3.34. The molecule has 0 fully saturated rings. The van der Waals surface area contributed by atoms with Crippen molar-refractivity contribution in [2.45, 2.75) is 19.6 Å². The number of anilines is 2. The van der Waals surface area contributed by atoms with Gasteiger partial charge in [0.15, 0.2) is 0 Å². The molecule has 0 saturated heterocycles. The Kier molecular flexibility index (Phi) is 5.79. The second-order valence-corrected chi connectivity index (χ2v) is 7.49. The number of alkyl halides is 2. The highest BCUT2D eigenvalue weighted by molar-refractivity contribution is 6.31. The predicted molar refractivity (Wildman–Crippen MR) is 113 cm³/mol. The van der Waals surface area contributed by atoms with Gasteiger partial charge in [-0.1, -0.05) is 23.2 Å². The third-order valence-corrected chi connectivity index (χ3v) is 5.11. The van der Waals surface area contributed by atoms with E-state index in [4.69, 9.17) is 27.9 Å². The Hall–Kier alpha value is -3.17. The molecule has 1 aliphatic rings. The fourth-order valence-corrected chi connectivity index (χ4v) is 3.65. The third kappa shape index (κ3) is 4.33. The van der Waals surface area contributed by atoms with Crippen LogP contribution in [0.4, 0.5) is 20.4 Å². The highest BCUT2D eigenvalue weighted by Crippen LogP contribution is 2.40. The molecule has 0 radical (unpaired) electrons. The summed E-state index contributed by atoms with van der Waals surface area (Å²) in [6.45, 7) is -1.38. The van der Waals surface area contributed by atoms with E-state index in [2.05, 4.69) is 20.7 Å². The van der Waals surface area contributed by atoms with Crippen LogP contribution in [0.1, 0.15) is 18.5 Å². The second kappa shape index (κ2) is 8.52. The highest BCUT2D eigenvalue weighted by Gasteiger charge is 2.35. The van der Waals surface area contributed by atoms with Crippen LogP contribution < -0.4 is 15.4 Å². The molecule has 2 aromatic carbocycles. The number of nitrogens with one attached hydrogen (secondary N) is 2. The molecule has 4 rings (SSSR count). The lowest BCUT2D eigenvalue weighted by molar-refractivity contribution is -0.113. The standard InChI is InChI=1S/C20H15Cl2F2N5O2/c1-10-16(18(30)28-13-5-2-11(21)3-6-13)17(29-20(27-10)25-9-26-29)14-8-12(22)4-7-15(14)31-19(23)24/h2-9,17,19H,1H3,(H,28,30)(H,25,26,27)/t17-/m1/s1. The monoisotopic (exact) mass is 465 g/mol. The lowest BCUT2D eigenvalue weighted by Crippen LogP contribution is -2.32. The van der Waals surface area contributed by atoms with Crippen molar-refractivity contribution >= 4 is 40.7 Å². The Bertz CT molecular complexity index is 1160. The zero-order chi connectivity index (χ0) is 22.1. The molecule has 11 heteroatoms. The molecular formula is C20H15Cl2F2N5O2. The quantitative estimate of drug-likeness (QED) is 0.546. The molecule has 0 unspecified atom stereocenters. The van der Waals surface area contributed by atoms with Gasteiger partial charge in [-0.05, 0) is 49.4 Å². The maximum atomic E-state index is 13.3. The average Bonchev–Trinajstić information content (AvgIpc) is 3.17. The van der Waals surface area contributed by atoms with Gasteiger partial charge < -0.3 is 15.4 Å². The normalized spacial score (nSPS) is 15.5. The molecule has 3 aromatic rings. The van der Waals surface area contributed by atoms with Crippen molar-refractivity contribution in [3.63, 3.8) is 0 Å². The second-order valence-electron chi connectivity index (χ2n) is 6.62. The molecular weight excluding hydrogens is 451 g/mol. The molecule has 0 bridgehead atoms. The van der Waals surface area contributed by atoms with Crippen molar-refractivity contribution < 1.29 is 18.3 Å². The van der Waals surface area contributed by atoms with Crippen LogP contribution in [0, 0.1) is 0 Å². The molecule has 1 amide bonds. The van der Waals surface area contributed by atoms with E-state index in [0.717, 1.165) is 0 Å². The molecule has 160 valence electrons. The smallest absolute Gasteiger partial charge is 0.387 e. The van der Waals surface area contributed by atoms with Crippen molar-refractivity contribution in [1.82, 2.24) is 14.8 Å². The van der Waals surface area contributed by atoms with Crippen molar-refractivity contribution in [3.05, 3.63) is 75.7 Å². The molecule has 7 nitrogen and oxygen atoms in total. The number of carbonyl (C=O) groups is 1. The van der Waals surface area contributed by atoms with Crippen molar-refractivity contribution in [3.8, 4) is 5.75 Å². The summed E-state index contributed by atoms with van der Waals surface area (Å²) in [5.74, 6) is -0.257. The van der Waals surface area contributed by atoms with E-state index in [1.165, 1.54) is 29.2 Å². The zero-order valence-corrected chi connectivity index (χ0v) is 17.5. The van der Waals surface area contributed by atoms with E-state index < -0.39 is 18.6 Å². The number of hydrogen-bond donors (Lipinski definition) is 2. The van der Waals surface area contributed by atoms with Gasteiger partial charge in [-0.25, -0.2) is 4.68 Å². The van der Waals surface area contributed by atoms with Crippen LogP contribution in [0.3, 0.4) is 0 Å². The third-order valence-electron chi connectivity index (χ3n) is 4.62. The van der Waals surface area contributed by atoms with Crippen LogP contribution in [-0.2, 0) is 4.79 Å². The molecule has 2 N–H and O–H groups in total. The number of benzene rings is 2. The van der Waals surface area contributed by atoms with Crippen molar-refractivity contribution in [2.24, 2.45) is 0 Å². The first-order valence-electron chi connectivity index (χ1n) is 9.02. The van der Waals surface area contributed by atoms with E-state index in [1.54, 1.807) is 31.2 Å². The minimum atomic E-state index is -3.06. The summed E-state index contributed by atoms with van der Waals surface area (Å²) in [5.41, 5.74) is 1.45. The number of aromatic nitrogens is 3. The summed E-state index contributed by atoms with van der Waals surface area (Å²) in [6, 6.07) is 9.86. The number of ether oxygens (including phenoxy) is 1. The van der Waals surface area contributed by atoms with Gasteiger partial charge in [-0.2, -0.15) is 18.9 Å². The zero-order valence-electron chi connectivity index (χ0n) is 15.9. The van der Waals surface area contributed by atoms with Crippen LogP contribution in [0.5, 0.6) is 5.75 Å². The number of halogens is 4. The molecule has 1 aromatic heterocycles. The van der Waals surface area contributed by atoms with Crippen molar-refractivity contribution in [2.75, 3.05) is 10.6 Å². The summed E-state index contributed by atoms with van der Waals surface area (Å²) in [7, 11) is 0. The first-order valence-corrected chi connectivity index (χ1v) is 9.77. The van der Waals surface area contributed by atoms with Gasteiger partial charge in [0.1, 0.15) is 18.1 Å². The van der Waals surface area contributed by atoms with Gasteiger partial charge >= 0.3 is 6.61 Å². The lowest BCUT2D eigenvalue weighted by Gasteiger charge is -2.29. The first kappa shape index (κ1) is 21.1. The number of allylic oxidation sites excluding steroid dienone is 1. The van der Waals surface area contributed by atoms with Crippen LogP contribution in [0.25, 0.3) is 0 Å². The number of rotatable bonds is 5. The number of amides is 1.